The lowest BCUT2D eigenvalue weighted by Gasteiger charge is -2.34. The molecule has 1 saturated heterocycles. The quantitative estimate of drug-likeness (QED) is 0.672. The van der Waals surface area contributed by atoms with Crippen molar-refractivity contribution in [1.29, 1.82) is 5.26 Å². The normalized spacial score (nSPS) is 14.7. The van der Waals surface area contributed by atoms with E-state index in [1.807, 2.05) is 41.3 Å². The van der Waals surface area contributed by atoms with Crippen molar-refractivity contribution in [2.24, 2.45) is 0 Å². The summed E-state index contributed by atoms with van der Waals surface area (Å²) in [5, 5.41) is 13.9. The molecule has 4 rings (SSSR count). The van der Waals surface area contributed by atoms with Crippen molar-refractivity contribution in [2.45, 2.75) is 25.4 Å². The van der Waals surface area contributed by atoms with Gasteiger partial charge >= 0.3 is 0 Å². The summed E-state index contributed by atoms with van der Waals surface area (Å²) < 4.78 is 1.03. The van der Waals surface area contributed by atoms with E-state index >= 15 is 0 Å². The standard InChI is InChI=1S/C22H20ClN3OS/c23-20-18-3-1-2-4-19(18)28-21(20)22(27)26(17-9-11-25-12-10-17)14-16-7-5-15(13-24)6-8-16/h1-8,17,25H,9-12,14H2. The number of fused-ring (bicyclic) bond motifs is 1. The van der Waals surface area contributed by atoms with Crippen LogP contribution in [0.3, 0.4) is 0 Å². The Balaban J connectivity index is 1.67. The third-order valence-electron chi connectivity index (χ3n) is 5.18. The summed E-state index contributed by atoms with van der Waals surface area (Å²) in [5.41, 5.74) is 1.64. The van der Waals surface area contributed by atoms with Crippen LogP contribution in [0.25, 0.3) is 10.1 Å². The van der Waals surface area contributed by atoms with Crippen molar-refractivity contribution in [1.82, 2.24) is 10.2 Å². The second-order valence-electron chi connectivity index (χ2n) is 6.96. The van der Waals surface area contributed by atoms with Crippen LogP contribution in [-0.4, -0.2) is 29.9 Å². The van der Waals surface area contributed by atoms with E-state index in [2.05, 4.69) is 11.4 Å². The van der Waals surface area contributed by atoms with Gasteiger partial charge < -0.3 is 10.2 Å². The number of carbonyl (C=O) groups is 1. The summed E-state index contributed by atoms with van der Waals surface area (Å²) in [6.07, 6.45) is 1.84. The topological polar surface area (TPSA) is 56.1 Å². The van der Waals surface area contributed by atoms with Crippen LogP contribution in [-0.2, 0) is 6.54 Å². The van der Waals surface area contributed by atoms with E-state index in [1.165, 1.54) is 11.3 Å². The molecule has 1 fully saturated rings. The Labute approximate surface area is 173 Å². The van der Waals surface area contributed by atoms with Crippen molar-refractivity contribution in [3.63, 3.8) is 0 Å². The minimum atomic E-state index is -0.0116. The number of benzene rings is 2. The van der Waals surface area contributed by atoms with Gasteiger partial charge in [-0.05, 0) is 49.7 Å². The highest BCUT2D eigenvalue weighted by Gasteiger charge is 2.29. The van der Waals surface area contributed by atoms with Gasteiger partial charge in [0.25, 0.3) is 5.91 Å². The molecule has 1 amide bonds. The molecule has 0 unspecified atom stereocenters. The van der Waals surface area contributed by atoms with Crippen LogP contribution < -0.4 is 5.32 Å². The lowest BCUT2D eigenvalue weighted by atomic mass is 10.0. The number of nitriles is 1. The summed E-state index contributed by atoms with van der Waals surface area (Å²) in [6, 6.07) is 17.6. The molecule has 28 heavy (non-hydrogen) atoms. The molecule has 1 aromatic heterocycles. The second kappa shape index (κ2) is 8.32. The Kier molecular flexibility index (Phi) is 5.63. The first-order chi connectivity index (χ1) is 13.7. The summed E-state index contributed by atoms with van der Waals surface area (Å²) in [4.78, 5) is 16.1. The van der Waals surface area contributed by atoms with Gasteiger partial charge in [0.15, 0.2) is 0 Å². The van der Waals surface area contributed by atoms with E-state index < -0.39 is 0 Å². The van der Waals surface area contributed by atoms with Gasteiger partial charge in [-0.3, -0.25) is 4.79 Å². The molecule has 0 saturated carbocycles. The first kappa shape index (κ1) is 18.9. The molecule has 0 bridgehead atoms. The predicted molar refractivity (Wildman–Crippen MR) is 114 cm³/mol. The van der Waals surface area contributed by atoms with Gasteiger partial charge in [-0.15, -0.1) is 11.3 Å². The molecule has 142 valence electrons. The number of halogens is 1. The smallest absolute Gasteiger partial charge is 0.266 e. The fourth-order valence-electron chi connectivity index (χ4n) is 3.65. The molecule has 4 nitrogen and oxygen atoms in total. The number of amides is 1. The zero-order valence-corrected chi connectivity index (χ0v) is 16.9. The molecule has 0 atom stereocenters. The maximum absolute atomic E-state index is 13.5. The molecule has 2 heterocycles. The number of thiophene rings is 1. The lowest BCUT2D eigenvalue weighted by molar-refractivity contribution is 0.0628. The third kappa shape index (κ3) is 3.77. The number of piperidine rings is 1. The van der Waals surface area contributed by atoms with Crippen LogP contribution in [0.4, 0.5) is 0 Å². The molecule has 0 aliphatic carbocycles. The van der Waals surface area contributed by atoms with Gasteiger partial charge in [-0.1, -0.05) is 41.9 Å². The molecule has 1 N–H and O–H groups in total. The molecule has 0 radical (unpaired) electrons. The minimum Gasteiger partial charge on any atom is -0.330 e. The average molecular weight is 410 g/mol. The summed E-state index contributed by atoms with van der Waals surface area (Å²) in [5.74, 6) is -0.0116. The Morgan fingerprint density at radius 3 is 2.57 bits per heavy atom. The van der Waals surface area contributed by atoms with Crippen LogP contribution in [0.5, 0.6) is 0 Å². The molecular formula is C22H20ClN3OS. The van der Waals surface area contributed by atoms with Gasteiger partial charge in [-0.25, -0.2) is 0 Å². The first-order valence-corrected chi connectivity index (χ1v) is 10.5. The minimum absolute atomic E-state index is 0.0116. The van der Waals surface area contributed by atoms with Gasteiger partial charge in [0.05, 0.1) is 16.7 Å². The highest BCUT2D eigenvalue weighted by atomic mass is 35.5. The largest absolute Gasteiger partial charge is 0.330 e. The van der Waals surface area contributed by atoms with Crippen LogP contribution >= 0.6 is 22.9 Å². The number of rotatable bonds is 4. The van der Waals surface area contributed by atoms with Crippen molar-refractivity contribution in [2.75, 3.05) is 13.1 Å². The number of hydrogen-bond donors (Lipinski definition) is 1. The summed E-state index contributed by atoms with van der Waals surface area (Å²) >= 11 is 8.05. The average Bonchev–Trinajstić information content (AvgIpc) is 3.09. The fourth-order valence-corrected chi connectivity index (χ4v) is 5.12. The van der Waals surface area contributed by atoms with E-state index in [-0.39, 0.29) is 11.9 Å². The maximum atomic E-state index is 13.5. The molecule has 2 aromatic carbocycles. The molecule has 0 spiro atoms. The first-order valence-electron chi connectivity index (χ1n) is 9.35. The molecule has 1 aliphatic heterocycles. The fraction of sp³-hybridized carbons (Fsp3) is 0.273. The Bertz CT molecular complexity index is 1030. The van der Waals surface area contributed by atoms with Crippen LogP contribution in [0.15, 0.2) is 48.5 Å². The Hall–Kier alpha value is -2.39. The Morgan fingerprint density at radius 2 is 1.89 bits per heavy atom. The summed E-state index contributed by atoms with van der Waals surface area (Å²) in [6.45, 7) is 2.32. The van der Waals surface area contributed by atoms with Crippen LogP contribution in [0.1, 0.15) is 33.6 Å². The number of nitrogens with one attached hydrogen (secondary N) is 1. The second-order valence-corrected chi connectivity index (χ2v) is 8.39. The zero-order chi connectivity index (χ0) is 19.5. The zero-order valence-electron chi connectivity index (χ0n) is 15.3. The molecule has 3 aromatic rings. The predicted octanol–water partition coefficient (Wildman–Crippen LogP) is 4.82. The number of nitrogens with zero attached hydrogens (tertiary/aromatic N) is 2. The molecular weight excluding hydrogens is 390 g/mol. The third-order valence-corrected chi connectivity index (χ3v) is 6.84. The van der Waals surface area contributed by atoms with Gasteiger partial charge in [0, 0.05) is 22.7 Å². The highest BCUT2D eigenvalue weighted by Crippen LogP contribution is 2.36. The van der Waals surface area contributed by atoms with Crippen molar-refractivity contribution in [3.05, 3.63) is 69.6 Å². The van der Waals surface area contributed by atoms with Crippen LogP contribution in [0.2, 0.25) is 5.02 Å². The monoisotopic (exact) mass is 409 g/mol. The molecule has 6 heteroatoms. The summed E-state index contributed by atoms with van der Waals surface area (Å²) in [7, 11) is 0. The Morgan fingerprint density at radius 1 is 1.18 bits per heavy atom. The number of hydrogen-bond acceptors (Lipinski definition) is 4. The van der Waals surface area contributed by atoms with E-state index in [1.54, 1.807) is 12.1 Å². The lowest BCUT2D eigenvalue weighted by Crippen LogP contribution is -2.45. The maximum Gasteiger partial charge on any atom is 0.266 e. The van der Waals surface area contributed by atoms with E-state index in [0.717, 1.165) is 41.6 Å². The van der Waals surface area contributed by atoms with Crippen molar-refractivity contribution >= 4 is 38.9 Å². The van der Waals surface area contributed by atoms with Crippen molar-refractivity contribution < 1.29 is 4.79 Å². The van der Waals surface area contributed by atoms with Crippen molar-refractivity contribution in [3.8, 4) is 6.07 Å². The van der Waals surface area contributed by atoms with Gasteiger partial charge in [0.1, 0.15) is 4.88 Å². The van der Waals surface area contributed by atoms with E-state index in [9.17, 15) is 4.79 Å². The van der Waals surface area contributed by atoms with E-state index in [0.29, 0.717) is 22.0 Å². The highest BCUT2D eigenvalue weighted by molar-refractivity contribution is 7.21. The number of carbonyl (C=O) groups excluding carboxylic acids is 1. The van der Waals surface area contributed by atoms with E-state index in [4.69, 9.17) is 16.9 Å². The van der Waals surface area contributed by atoms with Crippen LogP contribution in [0, 0.1) is 11.3 Å². The van der Waals surface area contributed by atoms with Gasteiger partial charge in [0.2, 0.25) is 0 Å². The molecule has 1 aliphatic rings. The SMILES string of the molecule is N#Cc1ccc(CN(C(=O)c2sc3ccccc3c2Cl)C2CCNCC2)cc1. The van der Waals surface area contributed by atoms with Gasteiger partial charge in [-0.2, -0.15) is 5.26 Å².